The first-order valence-electron chi connectivity index (χ1n) is 6.11. The molecule has 8 heteroatoms. The molecule has 2 N–H and O–H groups in total. The van der Waals surface area contributed by atoms with Crippen molar-refractivity contribution in [3.8, 4) is 0 Å². The van der Waals surface area contributed by atoms with Gasteiger partial charge in [0.2, 0.25) is 0 Å². The number of pyridine rings is 1. The Labute approximate surface area is 136 Å². The Morgan fingerprint density at radius 2 is 2.14 bits per heavy atom. The molecule has 0 saturated carbocycles. The van der Waals surface area contributed by atoms with Crippen molar-refractivity contribution in [1.82, 2.24) is 10.3 Å². The third kappa shape index (κ3) is 6.31. The lowest BCUT2D eigenvalue weighted by Gasteiger charge is -2.22. The summed E-state index contributed by atoms with van der Waals surface area (Å²) < 4.78 is 5.52. The van der Waals surface area contributed by atoms with E-state index < -0.39 is 23.7 Å². The molecule has 1 rings (SSSR count). The van der Waals surface area contributed by atoms with E-state index in [2.05, 4.69) is 26.2 Å². The Morgan fingerprint density at radius 3 is 2.67 bits per heavy atom. The van der Waals surface area contributed by atoms with Crippen LogP contribution in [0.2, 0.25) is 5.02 Å². The van der Waals surface area contributed by atoms with Gasteiger partial charge in [0.1, 0.15) is 16.2 Å². The van der Waals surface area contributed by atoms with Crippen LogP contribution in [0.1, 0.15) is 26.3 Å². The minimum Gasteiger partial charge on any atom is -0.480 e. The highest BCUT2D eigenvalue weighted by Gasteiger charge is 2.25. The number of nitrogens with zero attached hydrogens (tertiary/aromatic N) is 1. The molecule has 0 saturated heterocycles. The van der Waals surface area contributed by atoms with Crippen molar-refractivity contribution in [3.05, 3.63) is 27.5 Å². The maximum atomic E-state index is 11.7. The van der Waals surface area contributed by atoms with E-state index in [-0.39, 0.29) is 6.42 Å². The molecular formula is C13H16BrClN2O4. The molecule has 0 fully saturated rings. The first-order valence-corrected chi connectivity index (χ1v) is 7.28. The van der Waals surface area contributed by atoms with Crippen LogP contribution in [-0.4, -0.2) is 33.8 Å². The highest BCUT2D eigenvalue weighted by molar-refractivity contribution is 9.10. The van der Waals surface area contributed by atoms with E-state index in [1.807, 2.05) is 0 Å². The Hall–Kier alpha value is -1.34. The number of carbonyl (C=O) groups is 2. The average Bonchev–Trinajstić information content (AvgIpc) is 2.30. The number of carboxylic acid groups (broad SMARTS) is 1. The number of ether oxygens (including phenoxy) is 1. The lowest BCUT2D eigenvalue weighted by atomic mass is 10.1. The summed E-state index contributed by atoms with van der Waals surface area (Å²) in [5.41, 5.74) is -0.128. The summed E-state index contributed by atoms with van der Waals surface area (Å²) in [6, 6.07) is 0.446. The number of carbonyl (C=O) groups excluding carboxylic acids is 1. The van der Waals surface area contributed by atoms with Crippen LogP contribution in [0.5, 0.6) is 0 Å². The van der Waals surface area contributed by atoms with Gasteiger partial charge in [-0.2, -0.15) is 0 Å². The van der Waals surface area contributed by atoms with Gasteiger partial charge >= 0.3 is 12.1 Å². The van der Waals surface area contributed by atoms with E-state index in [1.54, 1.807) is 26.8 Å². The molecule has 116 valence electrons. The molecule has 0 aliphatic rings. The maximum Gasteiger partial charge on any atom is 0.408 e. The van der Waals surface area contributed by atoms with Crippen LogP contribution >= 0.6 is 27.5 Å². The maximum absolute atomic E-state index is 11.7. The second-order valence-corrected chi connectivity index (χ2v) is 6.53. The summed E-state index contributed by atoms with van der Waals surface area (Å²) in [5.74, 6) is -1.17. The van der Waals surface area contributed by atoms with Crippen molar-refractivity contribution in [2.24, 2.45) is 0 Å². The molecule has 0 unspecified atom stereocenters. The standard InChI is InChI=1S/C13H16BrClN2O4/c1-13(2,3)21-12(20)17-9(11(18)19)5-7-4-8(15)6-16-10(7)14/h4,6,9H,5H2,1-3H3,(H,17,20)(H,18,19)/t9-/m0/s1. The minimum absolute atomic E-state index is 0.0305. The number of aromatic nitrogens is 1. The molecule has 0 aliphatic heterocycles. The van der Waals surface area contributed by atoms with Crippen molar-refractivity contribution < 1.29 is 19.4 Å². The first kappa shape index (κ1) is 17.7. The summed E-state index contributed by atoms with van der Waals surface area (Å²) in [7, 11) is 0. The summed E-state index contributed by atoms with van der Waals surface area (Å²) in [4.78, 5) is 26.9. The van der Waals surface area contributed by atoms with Gasteiger partial charge in [-0.25, -0.2) is 14.6 Å². The predicted octanol–water partition coefficient (Wildman–Crippen LogP) is 3.02. The van der Waals surface area contributed by atoms with E-state index in [1.165, 1.54) is 6.20 Å². The minimum atomic E-state index is -1.17. The lowest BCUT2D eigenvalue weighted by Crippen LogP contribution is -2.44. The zero-order valence-corrected chi connectivity index (χ0v) is 14.2. The number of amides is 1. The number of aliphatic carboxylic acids is 1. The summed E-state index contributed by atoms with van der Waals surface area (Å²) >= 11 is 9.05. The molecule has 1 atom stereocenters. The Balaban J connectivity index is 2.81. The van der Waals surface area contributed by atoms with Crippen LogP contribution in [0, 0.1) is 0 Å². The van der Waals surface area contributed by atoms with Crippen molar-refractivity contribution >= 4 is 39.6 Å². The van der Waals surface area contributed by atoms with Crippen molar-refractivity contribution in [1.29, 1.82) is 0 Å². The van der Waals surface area contributed by atoms with Crippen molar-refractivity contribution in [3.63, 3.8) is 0 Å². The molecule has 0 spiro atoms. The van der Waals surface area contributed by atoms with Crippen LogP contribution in [-0.2, 0) is 16.0 Å². The SMILES string of the molecule is CC(C)(C)OC(=O)N[C@@H](Cc1cc(Cl)cnc1Br)C(=O)O. The number of rotatable bonds is 4. The molecule has 6 nitrogen and oxygen atoms in total. The normalized spacial score (nSPS) is 12.6. The van der Waals surface area contributed by atoms with Crippen molar-refractivity contribution in [2.45, 2.75) is 38.8 Å². The van der Waals surface area contributed by atoms with Gasteiger partial charge < -0.3 is 15.2 Å². The largest absolute Gasteiger partial charge is 0.480 e. The second-order valence-electron chi connectivity index (χ2n) is 5.34. The molecule has 0 radical (unpaired) electrons. The highest BCUT2D eigenvalue weighted by atomic mass is 79.9. The average molecular weight is 380 g/mol. The van der Waals surface area contributed by atoms with E-state index in [4.69, 9.17) is 16.3 Å². The van der Waals surface area contributed by atoms with E-state index >= 15 is 0 Å². The smallest absolute Gasteiger partial charge is 0.408 e. The highest BCUT2D eigenvalue weighted by Crippen LogP contribution is 2.20. The Kier molecular flexibility index (Phi) is 5.98. The topological polar surface area (TPSA) is 88.5 Å². The Bertz CT molecular complexity index is 545. The molecule has 21 heavy (non-hydrogen) atoms. The molecule has 1 aromatic heterocycles. The van der Waals surface area contributed by atoms with Gasteiger partial charge in [-0.15, -0.1) is 0 Å². The van der Waals surface area contributed by atoms with Gasteiger partial charge in [0.25, 0.3) is 0 Å². The zero-order valence-electron chi connectivity index (χ0n) is 11.8. The molecular weight excluding hydrogens is 364 g/mol. The van der Waals surface area contributed by atoms with E-state index in [9.17, 15) is 14.7 Å². The number of alkyl carbamates (subject to hydrolysis) is 1. The monoisotopic (exact) mass is 378 g/mol. The quantitative estimate of drug-likeness (QED) is 0.785. The summed E-state index contributed by atoms with van der Waals surface area (Å²) in [6.45, 7) is 5.08. The predicted molar refractivity (Wildman–Crippen MR) is 81.4 cm³/mol. The van der Waals surface area contributed by atoms with Gasteiger partial charge in [-0.05, 0) is 48.3 Å². The molecule has 1 amide bonds. The third-order valence-corrected chi connectivity index (χ3v) is 3.21. The number of halogens is 2. The zero-order chi connectivity index (χ0) is 16.2. The van der Waals surface area contributed by atoms with E-state index in [0.717, 1.165) is 0 Å². The summed E-state index contributed by atoms with van der Waals surface area (Å²) in [5, 5.41) is 11.9. The van der Waals surface area contributed by atoms with Gasteiger partial charge in [0.15, 0.2) is 0 Å². The van der Waals surface area contributed by atoms with Crippen LogP contribution in [0.4, 0.5) is 4.79 Å². The van der Waals surface area contributed by atoms with Gasteiger partial charge in [0.05, 0.1) is 5.02 Å². The fraction of sp³-hybridized carbons (Fsp3) is 0.462. The fourth-order valence-electron chi connectivity index (χ4n) is 1.48. The summed E-state index contributed by atoms with van der Waals surface area (Å²) in [6.07, 6.45) is 0.676. The van der Waals surface area contributed by atoms with Crippen LogP contribution in [0.3, 0.4) is 0 Å². The lowest BCUT2D eigenvalue weighted by molar-refractivity contribution is -0.139. The number of carboxylic acids is 1. The van der Waals surface area contributed by atoms with Gasteiger partial charge in [0, 0.05) is 12.6 Å². The number of hydrogen-bond acceptors (Lipinski definition) is 4. The third-order valence-electron chi connectivity index (χ3n) is 2.29. The molecule has 1 heterocycles. The number of nitrogens with one attached hydrogen (secondary N) is 1. The van der Waals surface area contributed by atoms with Crippen LogP contribution < -0.4 is 5.32 Å². The fourth-order valence-corrected chi connectivity index (χ4v) is 2.04. The van der Waals surface area contributed by atoms with Crippen LogP contribution in [0.25, 0.3) is 0 Å². The molecule has 1 aromatic rings. The van der Waals surface area contributed by atoms with Gasteiger partial charge in [-0.1, -0.05) is 11.6 Å². The molecule has 0 bridgehead atoms. The van der Waals surface area contributed by atoms with Crippen molar-refractivity contribution in [2.75, 3.05) is 0 Å². The second kappa shape index (κ2) is 7.09. The number of hydrogen-bond donors (Lipinski definition) is 2. The first-order chi connectivity index (χ1) is 9.58. The Morgan fingerprint density at radius 1 is 1.52 bits per heavy atom. The van der Waals surface area contributed by atoms with Crippen LogP contribution in [0.15, 0.2) is 16.9 Å². The van der Waals surface area contributed by atoms with E-state index in [0.29, 0.717) is 15.2 Å². The molecule has 0 aliphatic carbocycles. The molecule has 0 aromatic carbocycles. The van der Waals surface area contributed by atoms with Gasteiger partial charge in [-0.3, -0.25) is 0 Å².